The van der Waals surface area contributed by atoms with E-state index in [9.17, 15) is 4.79 Å². The monoisotopic (exact) mass is 319 g/mol. The lowest BCUT2D eigenvalue weighted by atomic mass is 10.1. The molecule has 0 aliphatic carbocycles. The molecule has 2 aromatic carbocycles. The maximum atomic E-state index is 12.7. The third kappa shape index (κ3) is 3.23. The Morgan fingerprint density at radius 1 is 1.04 bits per heavy atom. The van der Waals surface area contributed by atoms with Crippen molar-refractivity contribution < 1.29 is 4.79 Å². The minimum absolute atomic E-state index is 0.0731. The van der Waals surface area contributed by atoms with E-state index in [1.165, 1.54) is 5.56 Å². The van der Waals surface area contributed by atoms with Crippen molar-refractivity contribution in [1.82, 2.24) is 14.7 Å². The zero-order chi connectivity index (χ0) is 17.1. The van der Waals surface area contributed by atoms with Gasteiger partial charge < -0.3 is 4.90 Å². The highest BCUT2D eigenvalue weighted by Gasteiger charge is 2.17. The topological polar surface area (TPSA) is 38.1 Å². The van der Waals surface area contributed by atoms with E-state index in [0.717, 1.165) is 16.9 Å². The number of nitrogens with zero attached hydrogens (tertiary/aromatic N) is 3. The second-order valence-corrected chi connectivity index (χ2v) is 6.01. The number of aromatic nitrogens is 2. The Labute approximate surface area is 142 Å². The van der Waals surface area contributed by atoms with E-state index in [0.29, 0.717) is 12.2 Å². The third-order valence-electron chi connectivity index (χ3n) is 4.12. The molecular weight excluding hydrogens is 298 g/mol. The first kappa shape index (κ1) is 16.0. The van der Waals surface area contributed by atoms with E-state index < -0.39 is 0 Å². The van der Waals surface area contributed by atoms with Gasteiger partial charge >= 0.3 is 0 Å². The maximum Gasteiger partial charge on any atom is 0.274 e. The largest absolute Gasteiger partial charge is 0.336 e. The third-order valence-corrected chi connectivity index (χ3v) is 4.12. The highest BCUT2D eigenvalue weighted by molar-refractivity contribution is 5.92. The summed E-state index contributed by atoms with van der Waals surface area (Å²) in [5, 5.41) is 4.49. The molecule has 0 fully saturated rings. The number of carbonyl (C=O) groups is 1. The van der Waals surface area contributed by atoms with Gasteiger partial charge in [-0.2, -0.15) is 5.10 Å². The normalized spacial score (nSPS) is 10.6. The summed E-state index contributed by atoms with van der Waals surface area (Å²) in [5.41, 5.74) is 4.69. The molecule has 0 atom stereocenters. The van der Waals surface area contributed by atoms with Crippen LogP contribution in [0.2, 0.25) is 0 Å². The molecule has 24 heavy (non-hydrogen) atoms. The summed E-state index contributed by atoms with van der Waals surface area (Å²) in [4.78, 5) is 14.4. The van der Waals surface area contributed by atoms with Gasteiger partial charge in [0.2, 0.25) is 0 Å². The number of hydrogen-bond acceptors (Lipinski definition) is 2. The van der Waals surface area contributed by atoms with Crippen molar-refractivity contribution in [2.45, 2.75) is 20.4 Å². The minimum atomic E-state index is -0.0731. The first-order valence-electron chi connectivity index (χ1n) is 7.98. The van der Waals surface area contributed by atoms with Crippen LogP contribution in [0.3, 0.4) is 0 Å². The van der Waals surface area contributed by atoms with E-state index >= 15 is 0 Å². The molecule has 0 N–H and O–H groups in total. The molecule has 0 bridgehead atoms. The van der Waals surface area contributed by atoms with Crippen molar-refractivity contribution in [3.8, 4) is 5.69 Å². The van der Waals surface area contributed by atoms with E-state index in [2.05, 4.69) is 18.1 Å². The van der Waals surface area contributed by atoms with Gasteiger partial charge in [0.1, 0.15) is 0 Å². The van der Waals surface area contributed by atoms with Crippen LogP contribution < -0.4 is 0 Å². The lowest BCUT2D eigenvalue weighted by molar-refractivity contribution is 0.0778. The van der Waals surface area contributed by atoms with Gasteiger partial charge in [0.25, 0.3) is 5.91 Å². The zero-order valence-electron chi connectivity index (χ0n) is 14.2. The summed E-state index contributed by atoms with van der Waals surface area (Å²) >= 11 is 0. The second kappa shape index (κ2) is 6.71. The molecule has 122 valence electrons. The first-order chi connectivity index (χ1) is 11.6. The van der Waals surface area contributed by atoms with E-state index in [-0.39, 0.29) is 5.91 Å². The van der Waals surface area contributed by atoms with E-state index in [1.807, 2.05) is 68.6 Å². The number of carbonyl (C=O) groups excluding carboxylic acids is 1. The Hall–Kier alpha value is -2.88. The highest BCUT2D eigenvalue weighted by atomic mass is 16.2. The van der Waals surface area contributed by atoms with Crippen LogP contribution in [0.15, 0.2) is 60.7 Å². The molecule has 1 aromatic heterocycles. The smallest absolute Gasteiger partial charge is 0.274 e. The van der Waals surface area contributed by atoms with Gasteiger partial charge in [0.15, 0.2) is 5.69 Å². The lowest BCUT2D eigenvalue weighted by Crippen LogP contribution is -2.27. The van der Waals surface area contributed by atoms with Crippen molar-refractivity contribution in [3.63, 3.8) is 0 Å². The Kier molecular flexibility index (Phi) is 4.47. The molecule has 4 nitrogen and oxygen atoms in total. The number of aryl methyl sites for hydroxylation is 2. The molecule has 3 aromatic rings. The molecule has 0 saturated carbocycles. The summed E-state index contributed by atoms with van der Waals surface area (Å²) in [6.07, 6.45) is 0. The Morgan fingerprint density at radius 2 is 1.71 bits per heavy atom. The van der Waals surface area contributed by atoms with Crippen LogP contribution in [0.1, 0.15) is 27.3 Å². The maximum absolute atomic E-state index is 12.7. The summed E-state index contributed by atoms with van der Waals surface area (Å²) < 4.78 is 1.80. The van der Waals surface area contributed by atoms with Crippen molar-refractivity contribution in [3.05, 3.63) is 83.2 Å². The van der Waals surface area contributed by atoms with Crippen LogP contribution in [0.5, 0.6) is 0 Å². The fourth-order valence-corrected chi connectivity index (χ4v) is 2.72. The quantitative estimate of drug-likeness (QED) is 0.734. The number of rotatable bonds is 4. The molecule has 4 heteroatoms. The van der Waals surface area contributed by atoms with Gasteiger partial charge in [-0.15, -0.1) is 0 Å². The number of amides is 1. The highest BCUT2D eigenvalue weighted by Crippen LogP contribution is 2.15. The Bertz CT molecular complexity index is 852. The number of para-hydroxylation sites is 1. The van der Waals surface area contributed by atoms with E-state index in [1.54, 1.807) is 9.58 Å². The molecule has 3 rings (SSSR count). The SMILES string of the molecule is Cc1ccccc1CN(C)C(=O)c1cc(C)n(-c2ccccc2)n1. The van der Waals surface area contributed by atoms with Gasteiger partial charge in [-0.05, 0) is 43.2 Å². The summed E-state index contributed by atoms with van der Waals surface area (Å²) in [6, 6.07) is 19.8. The molecule has 1 amide bonds. The first-order valence-corrected chi connectivity index (χ1v) is 7.98. The van der Waals surface area contributed by atoms with Gasteiger partial charge in [-0.3, -0.25) is 4.79 Å². The second-order valence-electron chi connectivity index (χ2n) is 6.01. The van der Waals surface area contributed by atoms with Crippen molar-refractivity contribution >= 4 is 5.91 Å². The number of benzene rings is 2. The van der Waals surface area contributed by atoms with E-state index in [4.69, 9.17) is 0 Å². The summed E-state index contributed by atoms with van der Waals surface area (Å²) in [5.74, 6) is -0.0731. The van der Waals surface area contributed by atoms with Crippen molar-refractivity contribution in [2.24, 2.45) is 0 Å². The predicted octanol–water partition coefficient (Wildman–Crippen LogP) is 3.76. The lowest BCUT2D eigenvalue weighted by Gasteiger charge is -2.17. The molecule has 1 heterocycles. The molecule has 0 aliphatic heterocycles. The van der Waals surface area contributed by atoms with Crippen LogP contribution >= 0.6 is 0 Å². The van der Waals surface area contributed by atoms with Gasteiger partial charge in [0, 0.05) is 19.3 Å². The standard InChI is InChI=1S/C20H21N3O/c1-15-9-7-8-10-17(15)14-22(3)20(24)19-13-16(2)23(21-19)18-11-5-4-6-12-18/h4-13H,14H2,1-3H3. The summed E-state index contributed by atoms with van der Waals surface area (Å²) in [7, 11) is 1.81. The molecule has 0 unspecified atom stereocenters. The number of hydrogen-bond donors (Lipinski definition) is 0. The molecular formula is C20H21N3O. The Morgan fingerprint density at radius 3 is 2.42 bits per heavy atom. The average Bonchev–Trinajstić information content (AvgIpc) is 2.98. The summed E-state index contributed by atoms with van der Waals surface area (Å²) in [6.45, 7) is 4.59. The van der Waals surface area contributed by atoms with Crippen molar-refractivity contribution in [1.29, 1.82) is 0 Å². The molecule has 0 radical (unpaired) electrons. The van der Waals surface area contributed by atoms with Gasteiger partial charge in [-0.1, -0.05) is 42.5 Å². The van der Waals surface area contributed by atoms with Crippen LogP contribution in [0.4, 0.5) is 0 Å². The molecule has 0 spiro atoms. The van der Waals surface area contributed by atoms with Gasteiger partial charge in [0.05, 0.1) is 5.69 Å². The van der Waals surface area contributed by atoms with Crippen LogP contribution in [-0.4, -0.2) is 27.6 Å². The fourth-order valence-electron chi connectivity index (χ4n) is 2.72. The molecule has 0 aliphatic rings. The Balaban J connectivity index is 1.82. The predicted molar refractivity (Wildman–Crippen MR) is 95.3 cm³/mol. The van der Waals surface area contributed by atoms with Crippen molar-refractivity contribution in [2.75, 3.05) is 7.05 Å². The average molecular weight is 319 g/mol. The fraction of sp³-hybridized carbons (Fsp3) is 0.200. The van der Waals surface area contributed by atoms with Crippen LogP contribution in [0.25, 0.3) is 5.69 Å². The molecule has 0 saturated heterocycles. The zero-order valence-corrected chi connectivity index (χ0v) is 14.2. The minimum Gasteiger partial charge on any atom is -0.336 e. The van der Waals surface area contributed by atoms with Crippen LogP contribution in [-0.2, 0) is 6.54 Å². The van der Waals surface area contributed by atoms with Gasteiger partial charge in [-0.25, -0.2) is 4.68 Å². The van der Waals surface area contributed by atoms with Crippen LogP contribution in [0, 0.1) is 13.8 Å².